The number of carboxylic acids is 1. The molecule has 1 aromatic heterocycles. The molecule has 3 rings (SSSR count). The van der Waals surface area contributed by atoms with Crippen molar-refractivity contribution in [2.75, 3.05) is 13.1 Å². The number of carboxylic acid groups (broad SMARTS) is 1. The summed E-state index contributed by atoms with van der Waals surface area (Å²) in [6.07, 6.45) is 1.29. The van der Waals surface area contributed by atoms with E-state index in [2.05, 4.69) is 20.5 Å². The number of H-pyrrole nitrogens is 1. The van der Waals surface area contributed by atoms with Crippen LogP contribution < -0.4 is 10.1 Å². The van der Waals surface area contributed by atoms with Crippen molar-refractivity contribution >= 4 is 12.0 Å². The van der Waals surface area contributed by atoms with Crippen molar-refractivity contribution in [1.29, 1.82) is 0 Å². The van der Waals surface area contributed by atoms with Crippen LogP contribution in [0.15, 0.2) is 30.3 Å². The van der Waals surface area contributed by atoms with E-state index in [0.29, 0.717) is 31.0 Å². The second kappa shape index (κ2) is 8.32. The summed E-state index contributed by atoms with van der Waals surface area (Å²) in [5.41, 5.74) is 0. The SMILES string of the molecule is O=C(O)C1CCCN(C(=O)NCc2n[nH]c(COc3ccccc3)n2)C1. The van der Waals surface area contributed by atoms with Gasteiger partial charge in [-0.15, -0.1) is 0 Å². The molecule has 9 heteroatoms. The molecule has 26 heavy (non-hydrogen) atoms. The Hall–Kier alpha value is -3.10. The summed E-state index contributed by atoms with van der Waals surface area (Å²) in [5.74, 6) is 0.370. The second-order valence-corrected chi connectivity index (χ2v) is 6.08. The summed E-state index contributed by atoms with van der Waals surface area (Å²) in [7, 11) is 0. The third-order valence-electron chi connectivity index (χ3n) is 4.15. The molecule has 2 aromatic rings. The van der Waals surface area contributed by atoms with Crippen molar-refractivity contribution < 1.29 is 19.4 Å². The molecule has 1 unspecified atom stereocenters. The molecule has 1 aliphatic heterocycles. The van der Waals surface area contributed by atoms with E-state index < -0.39 is 11.9 Å². The van der Waals surface area contributed by atoms with Crippen molar-refractivity contribution in [2.24, 2.45) is 5.92 Å². The van der Waals surface area contributed by atoms with Gasteiger partial charge in [-0.2, -0.15) is 5.10 Å². The normalized spacial score (nSPS) is 16.9. The lowest BCUT2D eigenvalue weighted by Crippen LogP contribution is -2.46. The first-order valence-corrected chi connectivity index (χ1v) is 8.45. The van der Waals surface area contributed by atoms with Gasteiger partial charge >= 0.3 is 12.0 Å². The molecule has 0 saturated carbocycles. The first-order chi connectivity index (χ1) is 12.6. The van der Waals surface area contributed by atoms with Gasteiger partial charge in [0, 0.05) is 13.1 Å². The first-order valence-electron chi connectivity index (χ1n) is 8.45. The van der Waals surface area contributed by atoms with E-state index in [-0.39, 0.29) is 25.7 Å². The molecule has 2 amide bonds. The smallest absolute Gasteiger partial charge is 0.317 e. The van der Waals surface area contributed by atoms with Gasteiger partial charge in [0.2, 0.25) is 0 Å². The van der Waals surface area contributed by atoms with Gasteiger partial charge in [0.25, 0.3) is 0 Å². The van der Waals surface area contributed by atoms with Crippen LogP contribution in [-0.2, 0) is 17.9 Å². The number of benzene rings is 1. The van der Waals surface area contributed by atoms with Crippen LogP contribution in [0.4, 0.5) is 4.79 Å². The van der Waals surface area contributed by atoms with Crippen molar-refractivity contribution in [3.8, 4) is 5.75 Å². The second-order valence-electron chi connectivity index (χ2n) is 6.08. The van der Waals surface area contributed by atoms with Gasteiger partial charge in [0.05, 0.1) is 12.5 Å². The number of hydrogen-bond donors (Lipinski definition) is 3. The number of carbonyl (C=O) groups is 2. The van der Waals surface area contributed by atoms with Crippen LogP contribution >= 0.6 is 0 Å². The number of aromatic nitrogens is 3. The molecule has 138 valence electrons. The van der Waals surface area contributed by atoms with Crippen molar-refractivity contribution in [2.45, 2.75) is 26.0 Å². The Morgan fingerprint density at radius 1 is 1.35 bits per heavy atom. The van der Waals surface area contributed by atoms with Gasteiger partial charge in [0.1, 0.15) is 12.4 Å². The number of aliphatic carboxylic acids is 1. The van der Waals surface area contributed by atoms with Crippen LogP contribution in [0.1, 0.15) is 24.5 Å². The third kappa shape index (κ3) is 4.71. The van der Waals surface area contributed by atoms with E-state index in [1.165, 1.54) is 4.90 Å². The highest BCUT2D eigenvalue weighted by atomic mass is 16.5. The number of urea groups is 1. The Morgan fingerprint density at radius 3 is 2.92 bits per heavy atom. The molecule has 1 fully saturated rings. The lowest BCUT2D eigenvalue weighted by molar-refractivity contribution is -0.143. The number of rotatable bonds is 6. The molecule has 0 radical (unpaired) electrons. The van der Waals surface area contributed by atoms with Gasteiger partial charge < -0.3 is 20.1 Å². The Morgan fingerprint density at radius 2 is 2.15 bits per heavy atom. The number of nitrogens with one attached hydrogen (secondary N) is 2. The molecule has 0 spiro atoms. The van der Waals surface area contributed by atoms with Gasteiger partial charge in [-0.05, 0) is 25.0 Å². The number of hydrogen-bond acceptors (Lipinski definition) is 5. The summed E-state index contributed by atoms with van der Waals surface area (Å²) in [4.78, 5) is 29.1. The number of piperidine rings is 1. The number of nitrogens with zero attached hydrogens (tertiary/aromatic N) is 3. The van der Waals surface area contributed by atoms with E-state index in [0.717, 1.165) is 5.75 Å². The molecule has 2 heterocycles. The molecule has 1 saturated heterocycles. The van der Waals surface area contributed by atoms with Crippen LogP contribution in [0, 0.1) is 5.92 Å². The molecule has 0 bridgehead atoms. The average molecular weight is 359 g/mol. The minimum atomic E-state index is -0.862. The quantitative estimate of drug-likeness (QED) is 0.717. The maximum Gasteiger partial charge on any atom is 0.317 e. The molecule has 3 N–H and O–H groups in total. The number of likely N-dealkylation sites (tertiary alicyclic amines) is 1. The first kappa shape index (κ1) is 17.7. The molecular formula is C17H21N5O4. The zero-order valence-corrected chi connectivity index (χ0v) is 14.2. The number of carbonyl (C=O) groups excluding carboxylic acids is 1. The molecule has 1 atom stereocenters. The molecule has 9 nitrogen and oxygen atoms in total. The largest absolute Gasteiger partial charge is 0.486 e. The predicted molar refractivity (Wildman–Crippen MR) is 91.3 cm³/mol. The fraction of sp³-hybridized carbons (Fsp3) is 0.412. The van der Waals surface area contributed by atoms with Gasteiger partial charge in [-0.25, -0.2) is 9.78 Å². The highest BCUT2D eigenvalue weighted by Crippen LogP contribution is 2.16. The Balaban J connectivity index is 1.45. The third-order valence-corrected chi connectivity index (χ3v) is 4.15. The summed E-state index contributed by atoms with van der Waals surface area (Å²) in [5, 5.41) is 18.6. The van der Waals surface area contributed by atoms with Crippen molar-refractivity contribution in [3.05, 3.63) is 42.0 Å². The predicted octanol–water partition coefficient (Wildman–Crippen LogP) is 1.39. The van der Waals surface area contributed by atoms with Crippen molar-refractivity contribution in [3.63, 3.8) is 0 Å². The minimum Gasteiger partial charge on any atom is -0.486 e. The van der Waals surface area contributed by atoms with E-state index >= 15 is 0 Å². The molecule has 1 aliphatic rings. The summed E-state index contributed by atoms with van der Waals surface area (Å²) < 4.78 is 5.58. The fourth-order valence-corrected chi connectivity index (χ4v) is 2.78. The Bertz CT molecular complexity index is 749. The number of ether oxygens (including phenoxy) is 1. The van der Waals surface area contributed by atoms with Crippen LogP contribution in [-0.4, -0.2) is 50.3 Å². The summed E-state index contributed by atoms with van der Waals surface area (Å²) >= 11 is 0. The molecule has 0 aliphatic carbocycles. The van der Waals surface area contributed by atoms with Crippen LogP contribution in [0.25, 0.3) is 0 Å². The van der Waals surface area contributed by atoms with E-state index in [1.807, 2.05) is 30.3 Å². The topological polar surface area (TPSA) is 120 Å². The van der Waals surface area contributed by atoms with E-state index in [9.17, 15) is 9.59 Å². The summed E-state index contributed by atoms with van der Waals surface area (Å²) in [6.45, 7) is 1.19. The Labute approximate surface area is 150 Å². The number of amides is 2. The zero-order valence-electron chi connectivity index (χ0n) is 14.2. The van der Waals surface area contributed by atoms with Gasteiger partial charge in [-0.3, -0.25) is 9.89 Å². The maximum atomic E-state index is 12.2. The Kier molecular flexibility index (Phi) is 5.67. The van der Waals surface area contributed by atoms with Crippen LogP contribution in [0.5, 0.6) is 5.75 Å². The van der Waals surface area contributed by atoms with Crippen LogP contribution in [0.3, 0.4) is 0 Å². The minimum absolute atomic E-state index is 0.162. The lowest BCUT2D eigenvalue weighted by atomic mass is 9.99. The number of para-hydroxylation sites is 1. The van der Waals surface area contributed by atoms with Crippen LogP contribution in [0.2, 0.25) is 0 Å². The molecular weight excluding hydrogens is 338 g/mol. The molecule has 1 aromatic carbocycles. The summed E-state index contributed by atoms with van der Waals surface area (Å²) in [6, 6.07) is 9.06. The highest BCUT2D eigenvalue weighted by Gasteiger charge is 2.28. The maximum absolute atomic E-state index is 12.2. The van der Waals surface area contributed by atoms with E-state index in [1.54, 1.807) is 0 Å². The zero-order chi connectivity index (χ0) is 18.4. The van der Waals surface area contributed by atoms with E-state index in [4.69, 9.17) is 9.84 Å². The van der Waals surface area contributed by atoms with Crippen molar-refractivity contribution in [1.82, 2.24) is 25.4 Å². The monoisotopic (exact) mass is 359 g/mol. The highest BCUT2D eigenvalue weighted by molar-refractivity contribution is 5.76. The standard InChI is InChI=1S/C17H21N5O4/c23-16(24)12-5-4-8-22(10-12)17(25)18-9-14-19-15(21-20-14)11-26-13-6-2-1-3-7-13/h1-3,6-7,12H,4-5,8-11H2,(H,18,25)(H,23,24)(H,19,20,21). The average Bonchev–Trinajstić information content (AvgIpc) is 3.13. The number of aromatic amines is 1. The fourth-order valence-electron chi connectivity index (χ4n) is 2.78. The van der Waals surface area contributed by atoms with Gasteiger partial charge in [0.15, 0.2) is 11.6 Å². The lowest BCUT2D eigenvalue weighted by Gasteiger charge is -2.30. The van der Waals surface area contributed by atoms with Gasteiger partial charge in [-0.1, -0.05) is 18.2 Å².